The van der Waals surface area contributed by atoms with E-state index in [4.69, 9.17) is 14.2 Å². The lowest BCUT2D eigenvalue weighted by molar-refractivity contribution is 0.0213. The minimum atomic E-state index is -0.395. The second-order valence-electron chi connectivity index (χ2n) is 3.41. The van der Waals surface area contributed by atoms with E-state index in [1.807, 2.05) is 0 Å². The predicted molar refractivity (Wildman–Crippen MR) is 74.4 cm³/mol. The SMILES string of the molecule is COCCOCCOC(=O)c1cc(S)ccc1Br. The van der Waals surface area contributed by atoms with Gasteiger partial charge in [0.1, 0.15) is 6.61 Å². The Hall–Kier alpha value is -0.560. The fraction of sp³-hybridized carbons (Fsp3) is 0.417. The molecule has 0 heterocycles. The Morgan fingerprint density at radius 2 is 2.00 bits per heavy atom. The maximum absolute atomic E-state index is 11.7. The van der Waals surface area contributed by atoms with Gasteiger partial charge in [-0.2, -0.15) is 0 Å². The molecule has 0 radical (unpaired) electrons. The van der Waals surface area contributed by atoms with E-state index in [0.29, 0.717) is 34.8 Å². The molecule has 18 heavy (non-hydrogen) atoms. The molecular formula is C12H15BrO4S. The smallest absolute Gasteiger partial charge is 0.339 e. The standard InChI is InChI=1S/C12H15BrO4S/c1-15-4-5-16-6-7-17-12(14)10-8-9(18)2-3-11(10)13/h2-3,8,18H,4-7H2,1H3. The van der Waals surface area contributed by atoms with Gasteiger partial charge in [-0.05, 0) is 34.1 Å². The highest BCUT2D eigenvalue weighted by Gasteiger charge is 2.11. The van der Waals surface area contributed by atoms with Crippen molar-refractivity contribution in [2.45, 2.75) is 4.90 Å². The molecule has 1 rings (SSSR count). The number of hydrogen-bond donors (Lipinski definition) is 1. The van der Waals surface area contributed by atoms with Gasteiger partial charge < -0.3 is 14.2 Å². The van der Waals surface area contributed by atoms with Gasteiger partial charge in [0.15, 0.2) is 0 Å². The van der Waals surface area contributed by atoms with Crippen molar-refractivity contribution in [1.29, 1.82) is 0 Å². The summed E-state index contributed by atoms with van der Waals surface area (Å²) in [5.41, 5.74) is 0.458. The van der Waals surface area contributed by atoms with E-state index >= 15 is 0 Å². The maximum atomic E-state index is 11.7. The van der Waals surface area contributed by atoms with E-state index < -0.39 is 5.97 Å². The Morgan fingerprint density at radius 1 is 1.28 bits per heavy atom. The fourth-order valence-electron chi connectivity index (χ4n) is 1.19. The number of halogens is 1. The van der Waals surface area contributed by atoms with Crippen LogP contribution in [-0.2, 0) is 14.2 Å². The highest BCUT2D eigenvalue weighted by molar-refractivity contribution is 9.10. The van der Waals surface area contributed by atoms with Crippen molar-refractivity contribution in [3.05, 3.63) is 28.2 Å². The van der Waals surface area contributed by atoms with Crippen molar-refractivity contribution in [3.8, 4) is 0 Å². The van der Waals surface area contributed by atoms with Gasteiger partial charge in [0.05, 0.1) is 25.4 Å². The summed E-state index contributed by atoms with van der Waals surface area (Å²) in [4.78, 5) is 12.4. The minimum absolute atomic E-state index is 0.214. The number of rotatable bonds is 7. The third kappa shape index (κ3) is 5.39. The van der Waals surface area contributed by atoms with Gasteiger partial charge >= 0.3 is 5.97 Å². The minimum Gasteiger partial charge on any atom is -0.460 e. The van der Waals surface area contributed by atoms with Crippen LogP contribution in [-0.4, -0.2) is 39.5 Å². The van der Waals surface area contributed by atoms with Crippen molar-refractivity contribution in [1.82, 2.24) is 0 Å². The Morgan fingerprint density at radius 3 is 2.72 bits per heavy atom. The van der Waals surface area contributed by atoms with Crippen LogP contribution in [0.2, 0.25) is 0 Å². The molecule has 4 nitrogen and oxygen atoms in total. The normalized spacial score (nSPS) is 10.4. The van der Waals surface area contributed by atoms with Crippen LogP contribution in [0.15, 0.2) is 27.6 Å². The molecule has 100 valence electrons. The monoisotopic (exact) mass is 334 g/mol. The van der Waals surface area contributed by atoms with Crippen LogP contribution in [0, 0.1) is 0 Å². The molecule has 0 saturated carbocycles. The zero-order chi connectivity index (χ0) is 13.4. The zero-order valence-corrected chi connectivity index (χ0v) is 12.5. The van der Waals surface area contributed by atoms with E-state index in [-0.39, 0.29) is 6.61 Å². The van der Waals surface area contributed by atoms with Crippen LogP contribution < -0.4 is 0 Å². The third-order valence-electron chi connectivity index (χ3n) is 2.06. The summed E-state index contributed by atoms with van der Waals surface area (Å²) in [6.45, 7) is 1.59. The molecule has 0 saturated heterocycles. The van der Waals surface area contributed by atoms with Gasteiger partial charge in [0.25, 0.3) is 0 Å². The lowest BCUT2D eigenvalue weighted by Crippen LogP contribution is -2.13. The first kappa shape index (κ1) is 15.5. The average molecular weight is 335 g/mol. The number of thiol groups is 1. The number of ether oxygens (including phenoxy) is 3. The summed E-state index contributed by atoms with van der Waals surface area (Å²) < 4.78 is 15.8. The Labute approximate surface area is 120 Å². The predicted octanol–water partition coefficient (Wildman–Crippen LogP) is 2.56. The zero-order valence-electron chi connectivity index (χ0n) is 10.0. The summed E-state index contributed by atoms with van der Waals surface area (Å²) >= 11 is 7.47. The van der Waals surface area contributed by atoms with E-state index in [2.05, 4.69) is 28.6 Å². The molecule has 0 spiro atoms. The lowest BCUT2D eigenvalue weighted by atomic mass is 10.2. The van der Waals surface area contributed by atoms with Crippen LogP contribution >= 0.6 is 28.6 Å². The molecule has 0 aliphatic rings. The van der Waals surface area contributed by atoms with E-state index in [1.165, 1.54) is 0 Å². The Balaban J connectivity index is 2.34. The van der Waals surface area contributed by atoms with Crippen LogP contribution in [0.4, 0.5) is 0 Å². The summed E-state index contributed by atoms with van der Waals surface area (Å²) in [7, 11) is 1.60. The average Bonchev–Trinajstić information content (AvgIpc) is 2.36. The van der Waals surface area contributed by atoms with Crippen LogP contribution in [0.3, 0.4) is 0 Å². The largest absolute Gasteiger partial charge is 0.460 e. The van der Waals surface area contributed by atoms with Crippen LogP contribution in [0.25, 0.3) is 0 Å². The molecule has 0 N–H and O–H groups in total. The molecule has 0 fully saturated rings. The van der Waals surface area contributed by atoms with Crippen molar-refractivity contribution in [2.75, 3.05) is 33.5 Å². The summed E-state index contributed by atoms with van der Waals surface area (Å²) in [5.74, 6) is -0.395. The van der Waals surface area contributed by atoms with Crippen LogP contribution in [0.5, 0.6) is 0 Å². The fourth-order valence-corrected chi connectivity index (χ4v) is 1.80. The molecular weight excluding hydrogens is 320 g/mol. The second kappa shape index (κ2) is 8.53. The van der Waals surface area contributed by atoms with Crippen molar-refractivity contribution >= 4 is 34.5 Å². The summed E-state index contributed by atoms with van der Waals surface area (Å²) in [5, 5.41) is 0. The number of methoxy groups -OCH3 is 1. The van der Waals surface area contributed by atoms with E-state index in [0.717, 1.165) is 0 Å². The molecule has 1 aromatic rings. The third-order valence-corrected chi connectivity index (χ3v) is 3.03. The van der Waals surface area contributed by atoms with Crippen LogP contribution in [0.1, 0.15) is 10.4 Å². The van der Waals surface area contributed by atoms with E-state index in [9.17, 15) is 4.79 Å². The van der Waals surface area contributed by atoms with Gasteiger partial charge in [0, 0.05) is 16.5 Å². The first-order valence-electron chi connectivity index (χ1n) is 5.37. The highest BCUT2D eigenvalue weighted by atomic mass is 79.9. The summed E-state index contributed by atoms with van der Waals surface area (Å²) in [6, 6.07) is 5.20. The second-order valence-corrected chi connectivity index (χ2v) is 4.78. The van der Waals surface area contributed by atoms with E-state index in [1.54, 1.807) is 25.3 Å². The molecule has 0 aromatic heterocycles. The molecule has 0 aliphatic carbocycles. The topological polar surface area (TPSA) is 44.8 Å². The maximum Gasteiger partial charge on any atom is 0.339 e. The van der Waals surface area contributed by atoms with Crippen molar-refractivity contribution < 1.29 is 19.0 Å². The van der Waals surface area contributed by atoms with Crippen molar-refractivity contribution in [3.63, 3.8) is 0 Å². The molecule has 6 heteroatoms. The Kier molecular flexibility index (Phi) is 7.34. The number of benzene rings is 1. The first-order chi connectivity index (χ1) is 8.65. The molecule has 0 aliphatic heterocycles. The van der Waals surface area contributed by atoms with Crippen molar-refractivity contribution in [2.24, 2.45) is 0 Å². The number of esters is 1. The van der Waals surface area contributed by atoms with Gasteiger partial charge in [-0.3, -0.25) is 0 Å². The van der Waals surface area contributed by atoms with Gasteiger partial charge in [-0.25, -0.2) is 4.79 Å². The number of carbonyl (C=O) groups is 1. The Bertz CT molecular complexity index is 398. The lowest BCUT2D eigenvalue weighted by Gasteiger charge is -2.07. The van der Waals surface area contributed by atoms with Gasteiger partial charge in [-0.15, -0.1) is 12.6 Å². The molecule has 1 aromatic carbocycles. The molecule has 0 unspecified atom stereocenters. The van der Waals surface area contributed by atoms with Gasteiger partial charge in [-0.1, -0.05) is 0 Å². The first-order valence-corrected chi connectivity index (χ1v) is 6.61. The molecule has 0 amide bonds. The summed E-state index contributed by atoms with van der Waals surface area (Å²) in [6.07, 6.45) is 0. The number of hydrogen-bond acceptors (Lipinski definition) is 5. The van der Waals surface area contributed by atoms with Gasteiger partial charge in [0.2, 0.25) is 0 Å². The highest BCUT2D eigenvalue weighted by Crippen LogP contribution is 2.20. The molecule has 0 atom stereocenters. The molecule has 0 bridgehead atoms. The quantitative estimate of drug-likeness (QED) is 0.473. The number of carbonyl (C=O) groups excluding carboxylic acids is 1.